The highest BCUT2D eigenvalue weighted by Crippen LogP contribution is 2.21. The zero-order chi connectivity index (χ0) is 14.7. The van der Waals surface area contributed by atoms with Crippen LogP contribution in [0.1, 0.15) is 24.6 Å². The van der Waals surface area contributed by atoms with Gasteiger partial charge in [0.2, 0.25) is 5.91 Å². The molecule has 0 spiro atoms. The molecule has 1 amide bonds. The highest BCUT2D eigenvalue weighted by atomic mass is 79.9. The lowest BCUT2D eigenvalue weighted by molar-refractivity contribution is -0.115. The Bertz CT molecular complexity index is 621. The number of carbonyl (C=O) groups is 1. The highest BCUT2D eigenvalue weighted by molar-refractivity contribution is 9.10. The Balaban J connectivity index is 2.37. The molecule has 106 valence electrons. The summed E-state index contributed by atoms with van der Waals surface area (Å²) in [6, 6.07) is 9.84. The van der Waals surface area contributed by atoms with E-state index >= 15 is 0 Å². The molecule has 0 aliphatic heterocycles. The van der Waals surface area contributed by atoms with E-state index in [4.69, 9.17) is 0 Å². The second kappa shape index (κ2) is 6.22. The van der Waals surface area contributed by atoms with Crippen molar-refractivity contribution in [2.24, 2.45) is 0 Å². The normalized spacial score (nSPS) is 12.2. The Hall–Kier alpha value is -1.62. The van der Waals surface area contributed by atoms with Crippen LogP contribution in [0.2, 0.25) is 0 Å². The smallest absolute Gasteiger partial charge is 0.239 e. The van der Waals surface area contributed by atoms with Crippen molar-refractivity contribution < 1.29 is 4.79 Å². The minimum Gasteiger partial charge on any atom is -0.310 e. The van der Waals surface area contributed by atoms with Gasteiger partial charge in [0.15, 0.2) is 0 Å². The SMILES string of the molecule is CCC(Br)C(=O)Nc1cc(C)nn1-c1ccccc1C. The Labute approximate surface area is 127 Å². The van der Waals surface area contributed by atoms with Crippen LogP contribution in [0.25, 0.3) is 5.69 Å². The number of carbonyl (C=O) groups excluding carboxylic acids is 1. The van der Waals surface area contributed by atoms with Gasteiger partial charge in [-0.15, -0.1) is 0 Å². The number of hydrogen-bond donors (Lipinski definition) is 1. The molecular formula is C15H18BrN3O. The van der Waals surface area contributed by atoms with Crippen LogP contribution in [0.15, 0.2) is 30.3 Å². The lowest BCUT2D eigenvalue weighted by Gasteiger charge is -2.12. The minimum absolute atomic E-state index is 0.0535. The van der Waals surface area contributed by atoms with Gasteiger partial charge in [-0.25, -0.2) is 4.68 Å². The van der Waals surface area contributed by atoms with Crippen LogP contribution in [0.4, 0.5) is 5.82 Å². The predicted octanol–water partition coefficient (Wildman–Crippen LogP) is 3.60. The van der Waals surface area contributed by atoms with Gasteiger partial charge in [-0.3, -0.25) is 4.79 Å². The van der Waals surface area contributed by atoms with E-state index in [0.29, 0.717) is 5.82 Å². The monoisotopic (exact) mass is 335 g/mol. The van der Waals surface area contributed by atoms with Crippen LogP contribution in [-0.2, 0) is 4.79 Å². The molecule has 2 rings (SSSR count). The van der Waals surface area contributed by atoms with E-state index in [2.05, 4.69) is 26.3 Å². The second-order valence-corrected chi connectivity index (χ2v) is 5.84. The first-order chi connectivity index (χ1) is 9.52. The summed E-state index contributed by atoms with van der Waals surface area (Å²) in [6.45, 7) is 5.90. The third-order valence-corrected chi connectivity index (χ3v) is 4.13. The molecule has 0 aliphatic rings. The number of nitrogens with zero attached hydrogens (tertiary/aromatic N) is 2. The summed E-state index contributed by atoms with van der Waals surface area (Å²) >= 11 is 3.36. The average molecular weight is 336 g/mol. The molecule has 4 nitrogen and oxygen atoms in total. The van der Waals surface area contributed by atoms with Gasteiger partial charge in [0.25, 0.3) is 0 Å². The van der Waals surface area contributed by atoms with E-state index in [1.165, 1.54) is 0 Å². The molecule has 0 aliphatic carbocycles. The summed E-state index contributed by atoms with van der Waals surface area (Å²) in [5, 5.41) is 7.39. The molecule has 1 unspecified atom stereocenters. The zero-order valence-electron chi connectivity index (χ0n) is 11.9. The maximum Gasteiger partial charge on any atom is 0.239 e. The zero-order valence-corrected chi connectivity index (χ0v) is 13.4. The summed E-state index contributed by atoms with van der Waals surface area (Å²) in [5.41, 5.74) is 2.95. The van der Waals surface area contributed by atoms with Gasteiger partial charge in [0.1, 0.15) is 5.82 Å². The number of nitrogens with one attached hydrogen (secondary N) is 1. The summed E-state index contributed by atoms with van der Waals surface area (Å²) in [7, 11) is 0. The van der Waals surface area contributed by atoms with Crippen LogP contribution < -0.4 is 5.32 Å². The van der Waals surface area contributed by atoms with Gasteiger partial charge < -0.3 is 5.32 Å². The molecule has 0 radical (unpaired) electrons. The number of benzene rings is 1. The van der Waals surface area contributed by atoms with Gasteiger partial charge in [0, 0.05) is 6.07 Å². The van der Waals surface area contributed by atoms with Crippen LogP contribution in [0.5, 0.6) is 0 Å². The first-order valence-corrected chi connectivity index (χ1v) is 7.52. The fourth-order valence-electron chi connectivity index (χ4n) is 1.96. The van der Waals surface area contributed by atoms with E-state index in [1.54, 1.807) is 4.68 Å². The van der Waals surface area contributed by atoms with Crippen molar-refractivity contribution in [1.82, 2.24) is 9.78 Å². The topological polar surface area (TPSA) is 46.9 Å². The average Bonchev–Trinajstić information content (AvgIpc) is 2.79. The molecule has 2 aromatic rings. The molecule has 1 atom stereocenters. The lowest BCUT2D eigenvalue weighted by Crippen LogP contribution is -2.23. The lowest BCUT2D eigenvalue weighted by atomic mass is 10.2. The number of rotatable bonds is 4. The van der Waals surface area contributed by atoms with Crippen LogP contribution in [0.3, 0.4) is 0 Å². The quantitative estimate of drug-likeness (QED) is 0.867. The van der Waals surface area contributed by atoms with Gasteiger partial charge >= 0.3 is 0 Å². The van der Waals surface area contributed by atoms with Crippen molar-refractivity contribution in [1.29, 1.82) is 0 Å². The number of halogens is 1. The molecule has 20 heavy (non-hydrogen) atoms. The number of para-hydroxylation sites is 1. The molecule has 0 fully saturated rings. The third kappa shape index (κ3) is 3.10. The first kappa shape index (κ1) is 14.8. The molecule has 5 heteroatoms. The number of aromatic nitrogens is 2. The second-order valence-electron chi connectivity index (χ2n) is 4.73. The molecule has 0 saturated carbocycles. The van der Waals surface area contributed by atoms with Crippen molar-refractivity contribution >= 4 is 27.7 Å². The standard InChI is InChI=1S/C15H18BrN3O/c1-4-12(16)15(20)17-14-9-11(3)18-19(14)13-8-6-5-7-10(13)2/h5-9,12H,4H2,1-3H3,(H,17,20). The molecule has 1 aromatic heterocycles. The van der Waals surface area contributed by atoms with Gasteiger partial charge in [0.05, 0.1) is 16.2 Å². The van der Waals surface area contributed by atoms with Gasteiger partial charge in [-0.05, 0) is 31.9 Å². The van der Waals surface area contributed by atoms with E-state index in [9.17, 15) is 4.79 Å². The summed E-state index contributed by atoms with van der Waals surface area (Å²) in [6.07, 6.45) is 0.739. The Morgan fingerprint density at radius 3 is 2.75 bits per heavy atom. The largest absolute Gasteiger partial charge is 0.310 e. The summed E-state index contributed by atoms with van der Waals surface area (Å²) in [4.78, 5) is 11.8. The molecule has 0 bridgehead atoms. The van der Waals surface area contributed by atoms with E-state index in [-0.39, 0.29) is 10.7 Å². The molecule has 1 heterocycles. The van der Waals surface area contributed by atoms with Gasteiger partial charge in [-0.2, -0.15) is 5.10 Å². The Morgan fingerprint density at radius 2 is 2.10 bits per heavy atom. The fourth-order valence-corrected chi connectivity index (χ4v) is 2.08. The van der Waals surface area contributed by atoms with E-state index in [1.807, 2.05) is 51.1 Å². The third-order valence-electron chi connectivity index (χ3n) is 3.07. The minimum atomic E-state index is -0.192. The molecule has 1 N–H and O–H groups in total. The van der Waals surface area contributed by atoms with Crippen LogP contribution in [0, 0.1) is 13.8 Å². The number of aryl methyl sites for hydroxylation is 2. The van der Waals surface area contributed by atoms with Crippen molar-refractivity contribution in [3.8, 4) is 5.69 Å². The molecular weight excluding hydrogens is 318 g/mol. The predicted molar refractivity (Wildman–Crippen MR) is 84.7 cm³/mol. The van der Waals surface area contributed by atoms with Crippen molar-refractivity contribution in [2.45, 2.75) is 32.0 Å². The van der Waals surface area contributed by atoms with Crippen LogP contribution in [-0.4, -0.2) is 20.5 Å². The maximum absolute atomic E-state index is 12.0. The van der Waals surface area contributed by atoms with Gasteiger partial charge in [-0.1, -0.05) is 41.1 Å². The number of anilines is 1. The Morgan fingerprint density at radius 1 is 1.40 bits per heavy atom. The summed E-state index contributed by atoms with van der Waals surface area (Å²) in [5.74, 6) is 0.641. The highest BCUT2D eigenvalue weighted by Gasteiger charge is 2.16. The molecule has 0 saturated heterocycles. The summed E-state index contributed by atoms with van der Waals surface area (Å²) < 4.78 is 1.78. The first-order valence-electron chi connectivity index (χ1n) is 6.60. The number of amides is 1. The fraction of sp³-hybridized carbons (Fsp3) is 0.333. The molecule has 1 aromatic carbocycles. The van der Waals surface area contributed by atoms with E-state index in [0.717, 1.165) is 23.4 Å². The number of hydrogen-bond acceptors (Lipinski definition) is 2. The van der Waals surface area contributed by atoms with E-state index < -0.39 is 0 Å². The van der Waals surface area contributed by atoms with Crippen molar-refractivity contribution in [3.63, 3.8) is 0 Å². The Kier molecular flexibility index (Phi) is 4.60. The van der Waals surface area contributed by atoms with Crippen molar-refractivity contribution in [2.75, 3.05) is 5.32 Å². The van der Waals surface area contributed by atoms with Crippen LogP contribution >= 0.6 is 15.9 Å². The van der Waals surface area contributed by atoms with Crippen molar-refractivity contribution in [3.05, 3.63) is 41.6 Å². The number of alkyl halides is 1. The maximum atomic E-state index is 12.0.